The zero-order valence-electron chi connectivity index (χ0n) is 23.2. The molecule has 1 aromatic rings. The molecule has 0 fully saturated rings. The zero-order chi connectivity index (χ0) is 31.4. The number of rotatable bonds is 17. The van der Waals surface area contributed by atoms with Crippen molar-refractivity contribution in [3.63, 3.8) is 0 Å². The highest BCUT2D eigenvalue weighted by molar-refractivity contribution is 7.85. The maximum Gasteiger partial charge on any atom is 0.333 e. The van der Waals surface area contributed by atoms with E-state index in [9.17, 15) is 37.5 Å². The molecule has 0 aliphatic carbocycles. The number of carbonyl (C=O) groups is 5. The van der Waals surface area contributed by atoms with Crippen LogP contribution in [0.1, 0.15) is 45.1 Å². The van der Waals surface area contributed by atoms with Crippen LogP contribution < -0.4 is 10.6 Å². The summed E-state index contributed by atoms with van der Waals surface area (Å²) >= 11 is 0. The summed E-state index contributed by atoms with van der Waals surface area (Å²) in [6, 6.07) is 8.09. The normalized spacial score (nSPS) is 11.1. The Morgan fingerprint density at radius 3 is 1.80 bits per heavy atom. The lowest BCUT2D eigenvalue weighted by atomic mass is 10.1. The van der Waals surface area contributed by atoms with Crippen molar-refractivity contribution >= 4 is 39.8 Å². The number of ether oxygens (including phenoxy) is 2. The van der Waals surface area contributed by atoms with Crippen LogP contribution in [-0.2, 0) is 50.0 Å². The summed E-state index contributed by atoms with van der Waals surface area (Å²) in [5.41, 5.74) is 1.41. The number of carboxylic acids is 1. The highest BCUT2D eigenvalue weighted by atomic mass is 32.2. The lowest BCUT2D eigenvalue weighted by molar-refractivity contribution is -0.142. The second-order valence-corrected chi connectivity index (χ2v) is 10.4. The number of esters is 2. The van der Waals surface area contributed by atoms with Crippen molar-refractivity contribution in [2.75, 3.05) is 25.5 Å². The molecule has 2 amide bonds. The van der Waals surface area contributed by atoms with E-state index < -0.39 is 39.8 Å². The minimum atomic E-state index is -4.06. The lowest BCUT2D eigenvalue weighted by Gasteiger charge is -2.14. The molecule has 0 saturated heterocycles. The van der Waals surface area contributed by atoms with Gasteiger partial charge in [-0.25, -0.2) is 14.4 Å². The summed E-state index contributed by atoms with van der Waals surface area (Å²) in [6.45, 7) is 9.94. The number of hydrogen-bond donors (Lipinski definition) is 4. The molecule has 1 atom stereocenters. The van der Waals surface area contributed by atoms with Crippen molar-refractivity contribution in [1.82, 2.24) is 10.6 Å². The third kappa shape index (κ3) is 20.5. The fourth-order valence-corrected chi connectivity index (χ4v) is 3.13. The summed E-state index contributed by atoms with van der Waals surface area (Å²) < 4.78 is 38.7. The van der Waals surface area contributed by atoms with Gasteiger partial charge in [-0.05, 0) is 32.3 Å². The van der Waals surface area contributed by atoms with Gasteiger partial charge in [0.05, 0.1) is 19.0 Å². The van der Waals surface area contributed by atoms with E-state index in [1.807, 2.05) is 18.2 Å². The van der Waals surface area contributed by atoms with Crippen LogP contribution in [0.25, 0.3) is 0 Å². The average Bonchev–Trinajstić information content (AvgIpc) is 2.88. The lowest BCUT2D eigenvalue weighted by Crippen LogP contribution is -2.42. The summed E-state index contributed by atoms with van der Waals surface area (Å²) in [7, 11) is -4.06. The SMILES string of the molecule is C=C(C)C(=O)OCCCC(=O)NC(Cc1ccccc1)C(=O)O.C=C(C)C(=O)OCCCC(=O)NCCS(=O)(=O)O. The summed E-state index contributed by atoms with van der Waals surface area (Å²) in [5.74, 6) is -3.39. The van der Waals surface area contributed by atoms with Crippen LogP contribution in [0, 0.1) is 0 Å². The first kappa shape index (κ1) is 37.0. The molecule has 14 heteroatoms. The van der Waals surface area contributed by atoms with Crippen LogP contribution in [0.3, 0.4) is 0 Å². The number of hydrogen-bond acceptors (Lipinski definition) is 9. The molecule has 0 saturated carbocycles. The van der Waals surface area contributed by atoms with Gasteiger partial charge in [-0.2, -0.15) is 8.42 Å². The fraction of sp³-hybridized carbons (Fsp3) is 0.444. The van der Waals surface area contributed by atoms with E-state index in [0.29, 0.717) is 18.4 Å². The number of amides is 2. The Kier molecular flexibility index (Phi) is 18.0. The molecule has 0 aromatic heterocycles. The molecule has 0 heterocycles. The average molecular weight is 599 g/mol. The first-order valence-electron chi connectivity index (χ1n) is 12.6. The molecule has 228 valence electrons. The van der Waals surface area contributed by atoms with E-state index in [1.54, 1.807) is 12.1 Å². The molecule has 0 radical (unpaired) electrons. The predicted molar refractivity (Wildman–Crippen MR) is 149 cm³/mol. The van der Waals surface area contributed by atoms with Gasteiger partial charge in [-0.1, -0.05) is 43.5 Å². The molecule has 4 N–H and O–H groups in total. The highest BCUT2D eigenvalue weighted by Crippen LogP contribution is 2.04. The summed E-state index contributed by atoms with van der Waals surface area (Å²) in [4.78, 5) is 56.3. The van der Waals surface area contributed by atoms with E-state index in [-0.39, 0.29) is 56.4 Å². The second-order valence-electron chi connectivity index (χ2n) is 8.82. The van der Waals surface area contributed by atoms with E-state index in [4.69, 9.17) is 14.0 Å². The molecule has 0 aliphatic rings. The van der Waals surface area contributed by atoms with Crippen LogP contribution in [0.4, 0.5) is 0 Å². The predicted octanol–water partition coefficient (Wildman–Crippen LogP) is 1.59. The minimum absolute atomic E-state index is 0.0854. The van der Waals surface area contributed by atoms with Crippen LogP contribution in [0.2, 0.25) is 0 Å². The quantitative estimate of drug-likeness (QED) is 0.0877. The van der Waals surface area contributed by atoms with Gasteiger partial charge in [0, 0.05) is 37.0 Å². The van der Waals surface area contributed by atoms with Gasteiger partial charge in [-0.15, -0.1) is 0 Å². The van der Waals surface area contributed by atoms with E-state index >= 15 is 0 Å². The van der Waals surface area contributed by atoms with E-state index in [2.05, 4.69) is 23.8 Å². The van der Waals surface area contributed by atoms with Gasteiger partial charge in [-0.3, -0.25) is 14.1 Å². The van der Waals surface area contributed by atoms with Crippen LogP contribution >= 0.6 is 0 Å². The molecule has 13 nitrogen and oxygen atoms in total. The number of carbonyl (C=O) groups excluding carboxylic acids is 4. The Hall–Kier alpha value is -4.04. The van der Waals surface area contributed by atoms with Gasteiger partial charge in [0.25, 0.3) is 10.1 Å². The highest BCUT2D eigenvalue weighted by Gasteiger charge is 2.20. The maximum absolute atomic E-state index is 11.8. The zero-order valence-corrected chi connectivity index (χ0v) is 24.0. The third-order valence-corrected chi connectivity index (χ3v) is 5.58. The van der Waals surface area contributed by atoms with Crippen molar-refractivity contribution in [3.8, 4) is 0 Å². The Morgan fingerprint density at radius 1 is 0.878 bits per heavy atom. The molecule has 41 heavy (non-hydrogen) atoms. The second kappa shape index (κ2) is 19.9. The standard InChI is InChI=1S/C17H21NO5.C10H17NO6S/c1-12(2)17(22)23-10-6-9-15(19)18-14(16(20)21)11-13-7-4-3-5-8-13;1-8(2)10(13)17-6-3-4-9(12)11-5-7-18(14,15)16/h3-5,7-8,14H,1,6,9-11H2,2H3,(H,18,19)(H,20,21);1,3-7H2,2H3,(H,11,12)(H,14,15,16). The van der Waals surface area contributed by atoms with Crippen molar-refractivity contribution in [1.29, 1.82) is 0 Å². The molecular weight excluding hydrogens is 560 g/mol. The molecule has 0 aliphatic heterocycles. The number of aliphatic carboxylic acids is 1. The van der Waals surface area contributed by atoms with Crippen LogP contribution in [0.15, 0.2) is 54.6 Å². The van der Waals surface area contributed by atoms with Gasteiger partial charge < -0.3 is 25.2 Å². The Labute approximate surface area is 239 Å². The third-order valence-electron chi connectivity index (χ3n) is 4.86. The first-order valence-corrected chi connectivity index (χ1v) is 14.2. The Bertz CT molecular complexity index is 1160. The van der Waals surface area contributed by atoms with E-state index in [1.165, 1.54) is 13.8 Å². The molecule has 1 aromatic carbocycles. The smallest absolute Gasteiger partial charge is 0.333 e. The number of carboxylic acid groups (broad SMARTS) is 1. The summed E-state index contributed by atoms with van der Waals surface area (Å²) in [6.07, 6.45) is 1.06. The molecular formula is C27H38N2O11S. The molecule has 0 spiro atoms. The summed E-state index contributed by atoms with van der Waals surface area (Å²) in [5, 5.41) is 14.0. The van der Waals surface area contributed by atoms with Crippen molar-refractivity contribution < 1.29 is 51.5 Å². The maximum atomic E-state index is 11.8. The topological polar surface area (TPSA) is 202 Å². The van der Waals surface area contributed by atoms with Crippen molar-refractivity contribution in [2.24, 2.45) is 0 Å². The van der Waals surface area contributed by atoms with E-state index in [0.717, 1.165) is 5.56 Å². The number of benzene rings is 1. The number of nitrogens with one attached hydrogen (secondary N) is 2. The van der Waals surface area contributed by atoms with Gasteiger partial charge >= 0.3 is 17.9 Å². The molecule has 0 bridgehead atoms. The van der Waals surface area contributed by atoms with Crippen LogP contribution in [-0.4, -0.2) is 79.4 Å². The fourth-order valence-electron chi connectivity index (χ4n) is 2.77. The Morgan fingerprint density at radius 2 is 1.37 bits per heavy atom. The van der Waals surface area contributed by atoms with Gasteiger partial charge in [0.15, 0.2) is 0 Å². The Balaban J connectivity index is 0.000000807. The monoisotopic (exact) mass is 598 g/mol. The van der Waals surface area contributed by atoms with Crippen LogP contribution in [0.5, 0.6) is 0 Å². The van der Waals surface area contributed by atoms with Gasteiger partial charge in [0.2, 0.25) is 11.8 Å². The van der Waals surface area contributed by atoms with Crippen molar-refractivity contribution in [2.45, 2.75) is 52.0 Å². The van der Waals surface area contributed by atoms with Gasteiger partial charge in [0.1, 0.15) is 6.04 Å². The van der Waals surface area contributed by atoms with Crippen molar-refractivity contribution in [3.05, 3.63) is 60.2 Å². The largest absolute Gasteiger partial charge is 0.480 e. The first-order chi connectivity index (χ1) is 19.1. The minimum Gasteiger partial charge on any atom is -0.480 e. The molecule has 1 unspecified atom stereocenters. The molecule has 1 rings (SSSR count).